The summed E-state index contributed by atoms with van der Waals surface area (Å²) in [7, 11) is 1.91. The molecule has 2 N–H and O–H groups in total. The van der Waals surface area contributed by atoms with Crippen LogP contribution in [-0.4, -0.2) is 9.78 Å². The van der Waals surface area contributed by atoms with Crippen LogP contribution in [0.5, 0.6) is 0 Å². The smallest absolute Gasteiger partial charge is 0.124 e. The van der Waals surface area contributed by atoms with Crippen LogP contribution in [0, 0.1) is 5.92 Å². The molecule has 80 valence electrons. The van der Waals surface area contributed by atoms with Crippen molar-refractivity contribution < 1.29 is 0 Å². The van der Waals surface area contributed by atoms with Gasteiger partial charge in [-0.15, -0.1) is 0 Å². The minimum absolute atomic E-state index is 0.451. The summed E-state index contributed by atoms with van der Waals surface area (Å²) in [6.45, 7) is 8.73. The van der Waals surface area contributed by atoms with Crippen LogP contribution in [-0.2, 0) is 13.5 Å². The molecular weight excluding hydrogens is 174 g/mol. The lowest BCUT2D eigenvalue weighted by Gasteiger charge is -2.08. The number of hydrogen-bond donors (Lipinski definition) is 1. The van der Waals surface area contributed by atoms with E-state index in [1.165, 1.54) is 5.56 Å². The van der Waals surface area contributed by atoms with E-state index in [0.717, 1.165) is 17.9 Å². The highest BCUT2D eigenvalue weighted by Crippen LogP contribution is 2.25. The van der Waals surface area contributed by atoms with Gasteiger partial charge in [-0.3, -0.25) is 4.68 Å². The lowest BCUT2D eigenvalue weighted by atomic mass is 9.98. The fourth-order valence-corrected chi connectivity index (χ4v) is 1.68. The molecule has 0 atom stereocenters. The van der Waals surface area contributed by atoms with Crippen molar-refractivity contribution in [1.29, 1.82) is 0 Å². The molecular formula is C11H21N3. The third-order valence-electron chi connectivity index (χ3n) is 2.38. The summed E-state index contributed by atoms with van der Waals surface area (Å²) in [6, 6.07) is 0. The Bertz CT molecular complexity index is 311. The van der Waals surface area contributed by atoms with E-state index in [4.69, 9.17) is 5.73 Å². The summed E-state index contributed by atoms with van der Waals surface area (Å²) in [5.74, 6) is 1.90. The number of hydrogen-bond acceptors (Lipinski definition) is 2. The zero-order valence-electron chi connectivity index (χ0n) is 9.83. The van der Waals surface area contributed by atoms with E-state index in [2.05, 4.69) is 32.8 Å². The van der Waals surface area contributed by atoms with Crippen LogP contribution >= 0.6 is 0 Å². The Morgan fingerprint density at radius 1 is 1.29 bits per heavy atom. The second kappa shape index (κ2) is 4.03. The highest BCUT2D eigenvalue weighted by molar-refractivity contribution is 5.44. The van der Waals surface area contributed by atoms with Crippen molar-refractivity contribution in [3.8, 4) is 0 Å². The molecule has 0 bridgehead atoms. The van der Waals surface area contributed by atoms with E-state index >= 15 is 0 Å². The average Bonchev–Trinajstić information content (AvgIpc) is 2.32. The monoisotopic (exact) mass is 195 g/mol. The average molecular weight is 195 g/mol. The molecule has 0 saturated carbocycles. The first-order chi connectivity index (χ1) is 6.43. The van der Waals surface area contributed by atoms with Gasteiger partial charge in [0, 0.05) is 12.6 Å². The number of nitrogens with two attached hydrogens (primary N) is 1. The van der Waals surface area contributed by atoms with Crippen molar-refractivity contribution in [2.24, 2.45) is 13.0 Å². The van der Waals surface area contributed by atoms with E-state index in [1.807, 2.05) is 7.05 Å². The standard InChI is InChI=1S/C11H21N3/c1-7(2)6-9-10(8(3)4)13-14(5)11(9)12/h7-8H,6,12H2,1-5H3. The van der Waals surface area contributed by atoms with Crippen molar-refractivity contribution in [2.75, 3.05) is 5.73 Å². The molecule has 0 amide bonds. The molecule has 3 nitrogen and oxygen atoms in total. The first-order valence-corrected chi connectivity index (χ1v) is 5.24. The summed E-state index contributed by atoms with van der Waals surface area (Å²) < 4.78 is 1.78. The van der Waals surface area contributed by atoms with Gasteiger partial charge in [0.05, 0.1) is 5.69 Å². The van der Waals surface area contributed by atoms with Crippen LogP contribution in [0.3, 0.4) is 0 Å². The molecule has 1 rings (SSSR count). The van der Waals surface area contributed by atoms with Crippen molar-refractivity contribution in [1.82, 2.24) is 9.78 Å². The summed E-state index contributed by atoms with van der Waals surface area (Å²) in [5.41, 5.74) is 8.38. The zero-order valence-corrected chi connectivity index (χ0v) is 9.83. The first kappa shape index (κ1) is 11.1. The van der Waals surface area contributed by atoms with E-state index in [1.54, 1.807) is 4.68 Å². The number of nitrogen functional groups attached to an aromatic ring is 1. The van der Waals surface area contributed by atoms with Gasteiger partial charge in [0.15, 0.2) is 0 Å². The Kier molecular flexibility index (Phi) is 3.19. The third-order valence-corrected chi connectivity index (χ3v) is 2.38. The molecule has 14 heavy (non-hydrogen) atoms. The zero-order chi connectivity index (χ0) is 10.9. The van der Waals surface area contributed by atoms with E-state index in [9.17, 15) is 0 Å². The van der Waals surface area contributed by atoms with Gasteiger partial charge >= 0.3 is 0 Å². The number of nitrogens with zero attached hydrogens (tertiary/aromatic N) is 2. The van der Waals surface area contributed by atoms with Gasteiger partial charge in [-0.2, -0.15) is 5.10 Å². The van der Waals surface area contributed by atoms with Gasteiger partial charge in [0.2, 0.25) is 0 Å². The Balaban J connectivity index is 3.10. The van der Waals surface area contributed by atoms with Crippen LogP contribution in [0.1, 0.15) is 44.9 Å². The maximum atomic E-state index is 5.99. The van der Waals surface area contributed by atoms with Crippen LogP contribution in [0.4, 0.5) is 5.82 Å². The Hall–Kier alpha value is -0.990. The highest BCUT2D eigenvalue weighted by atomic mass is 15.3. The molecule has 0 aliphatic rings. The third kappa shape index (κ3) is 2.08. The maximum Gasteiger partial charge on any atom is 0.124 e. The lowest BCUT2D eigenvalue weighted by Crippen LogP contribution is -2.02. The largest absolute Gasteiger partial charge is 0.384 e. The van der Waals surface area contributed by atoms with Gasteiger partial charge < -0.3 is 5.73 Å². The molecule has 0 unspecified atom stereocenters. The first-order valence-electron chi connectivity index (χ1n) is 5.24. The number of rotatable bonds is 3. The molecule has 0 aliphatic heterocycles. The molecule has 0 radical (unpaired) electrons. The molecule has 0 saturated heterocycles. The SMILES string of the molecule is CC(C)Cc1c(C(C)C)nn(C)c1N. The lowest BCUT2D eigenvalue weighted by molar-refractivity contribution is 0.638. The normalized spacial score (nSPS) is 11.6. The minimum atomic E-state index is 0.451. The second-order valence-corrected chi connectivity index (χ2v) is 4.63. The van der Waals surface area contributed by atoms with Crippen molar-refractivity contribution in [3.05, 3.63) is 11.3 Å². The summed E-state index contributed by atoms with van der Waals surface area (Å²) in [5, 5.41) is 4.45. The number of anilines is 1. The Morgan fingerprint density at radius 2 is 1.86 bits per heavy atom. The molecule has 0 spiro atoms. The second-order valence-electron chi connectivity index (χ2n) is 4.63. The molecule has 0 aliphatic carbocycles. The van der Waals surface area contributed by atoms with Crippen LogP contribution in [0.15, 0.2) is 0 Å². The van der Waals surface area contributed by atoms with Gasteiger partial charge in [0.1, 0.15) is 5.82 Å². The number of aryl methyl sites for hydroxylation is 1. The van der Waals surface area contributed by atoms with Crippen LogP contribution in [0.2, 0.25) is 0 Å². The fraction of sp³-hybridized carbons (Fsp3) is 0.727. The predicted octanol–water partition coefficient (Wildman–Crippen LogP) is 2.32. The molecule has 1 aromatic heterocycles. The van der Waals surface area contributed by atoms with Gasteiger partial charge in [-0.05, 0) is 18.3 Å². The fourth-order valence-electron chi connectivity index (χ4n) is 1.68. The topological polar surface area (TPSA) is 43.8 Å². The van der Waals surface area contributed by atoms with E-state index in [-0.39, 0.29) is 0 Å². The predicted molar refractivity (Wildman–Crippen MR) is 60.3 cm³/mol. The Labute approximate surface area is 86.3 Å². The highest BCUT2D eigenvalue weighted by Gasteiger charge is 2.16. The van der Waals surface area contributed by atoms with Crippen LogP contribution < -0.4 is 5.73 Å². The molecule has 3 heteroatoms. The van der Waals surface area contributed by atoms with Crippen molar-refractivity contribution in [2.45, 2.75) is 40.0 Å². The minimum Gasteiger partial charge on any atom is -0.384 e. The van der Waals surface area contributed by atoms with Gasteiger partial charge in [-0.25, -0.2) is 0 Å². The van der Waals surface area contributed by atoms with Crippen molar-refractivity contribution in [3.63, 3.8) is 0 Å². The molecule has 1 aromatic rings. The van der Waals surface area contributed by atoms with E-state index < -0.39 is 0 Å². The maximum absolute atomic E-state index is 5.99. The Morgan fingerprint density at radius 3 is 2.29 bits per heavy atom. The van der Waals surface area contributed by atoms with E-state index in [0.29, 0.717) is 11.8 Å². The molecule has 0 aromatic carbocycles. The van der Waals surface area contributed by atoms with Crippen LogP contribution in [0.25, 0.3) is 0 Å². The summed E-state index contributed by atoms with van der Waals surface area (Å²) >= 11 is 0. The number of aromatic nitrogens is 2. The molecule has 1 heterocycles. The quantitative estimate of drug-likeness (QED) is 0.804. The van der Waals surface area contributed by atoms with Gasteiger partial charge in [0.25, 0.3) is 0 Å². The summed E-state index contributed by atoms with van der Waals surface area (Å²) in [6.07, 6.45) is 1.02. The molecule has 0 fully saturated rings. The summed E-state index contributed by atoms with van der Waals surface area (Å²) in [4.78, 5) is 0. The van der Waals surface area contributed by atoms with Crippen molar-refractivity contribution >= 4 is 5.82 Å². The van der Waals surface area contributed by atoms with Gasteiger partial charge in [-0.1, -0.05) is 27.7 Å².